The lowest BCUT2D eigenvalue weighted by atomic mass is 9.86. The normalized spacial score (nSPS) is 25.9. The summed E-state index contributed by atoms with van der Waals surface area (Å²) in [4.78, 5) is 14.7. The zero-order chi connectivity index (χ0) is 14.0. The largest absolute Gasteiger partial charge is 0.367 e. The van der Waals surface area contributed by atoms with E-state index in [-0.39, 0.29) is 18.3 Å². The lowest BCUT2D eigenvalue weighted by molar-refractivity contribution is -0.141. The predicted octanol–water partition coefficient (Wildman–Crippen LogP) is 2.01. The third-order valence-corrected chi connectivity index (χ3v) is 4.64. The van der Waals surface area contributed by atoms with Gasteiger partial charge < -0.3 is 15.0 Å². The molecule has 2 saturated heterocycles. The highest BCUT2D eigenvalue weighted by molar-refractivity contribution is 5.85. The molecule has 2 heterocycles. The second kappa shape index (κ2) is 6.77. The van der Waals surface area contributed by atoms with Crippen molar-refractivity contribution >= 4 is 18.3 Å². The number of carbonyl (C=O) groups excluding carboxylic acids is 1. The summed E-state index contributed by atoms with van der Waals surface area (Å²) in [6.45, 7) is 3.84. The van der Waals surface area contributed by atoms with Crippen LogP contribution in [0.25, 0.3) is 0 Å². The SMILES string of the molecule is COC(C(=O)N1CCC2(CCNC2)C1)c1ccccc1.Cl. The summed E-state index contributed by atoms with van der Waals surface area (Å²) in [5.41, 5.74) is 1.25. The number of hydrogen-bond acceptors (Lipinski definition) is 3. The molecule has 2 unspecified atom stereocenters. The first-order valence-electron chi connectivity index (χ1n) is 7.31. The van der Waals surface area contributed by atoms with Gasteiger partial charge in [0.05, 0.1) is 0 Å². The van der Waals surface area contributed by atoms with Gasteiger partial charge in [0.25, 0.3) is 5.91 Å². The molecule has 1 aromatic carbocycles. The summed E-state index contributed by atoms with van der Waals surface area (Å²) in [6.07, 6.45) is 1.82. The molecule has 2 aliphatic rings. The Balaban J connectivity index is 0.00000161. The van der Waals surface area contributed by atoms with Crippen LogP contribution >= 0.6 is 12.4 Å². The van der Waals surface area contributed by atoms with E-state index in [2.05, 4.69) is 5.32 Å². The van der Waals surface area contributed by atoms with Crippen molar-refractivity contribution in [1.29, 1.82) is 0 Å². The van der Waals surface area contributed by atoms with Crippen molar-refractivity contribution in [3.8, 4) is 0 Å². The standard InChI is InChI=1S/C16H22N2O2.ClH/c1-20-14(13-5-3-2-4-6-13)15(19)18-10-8-16(12-18)7-9-17-11-16;/h2-6,14,17H,7-12H2,1H3;1H. The Morgan fingerprint density at radius 1 is 1.33 bits per heavy atom. The quantitative estimate of drug-likeness (QED) is 0.928. The molecular formula is C16H23ClN2O2. The van der Waals surface area contributed by atoms with Gasteiger partial charge in [0.2, 0.25) is 0 Å². The lowest BCUT2D eigenvalue weighted by Crippen LogP contribution is -2.36. The number of rotatable bonds is 3. The Bertz CT molecular complexity index is 474. The predicted molar refractivity (Wildman–Crippen MR) is 84.6 cm³/mol. The van der Waals surface area contributed by atoms with Crippen molar-refractivity contribution in [2.75, 3.05) is 33.3 Å². The van der Waals surface area contributed by atoms with E-state index in [1.54, 1.807) is 7.11 Å². The van der Waals surface area contributed by atoms with E-state index in [0.29, 0.717) is 5.41 Å². The number of carbonyl (C=O) groups is 1. The molecule has 2 atom stereocenters. The highest BCUT2D eigenvalue weighted by Crippen LogP contribution is 2.37. The molecule has 0 bridgehead atoms. The molecule has 21 heavy (non-hydrogen) atoms. The lowest BCUT2D eigenvalue weighted by Gasteiger charge is -2.25. The number of hydrogen-bond donors (Lipinski definition) is 1. The van der Waals surface area contributed by atoms with E-state index in [1.165, 1.54) is 6.42 Å². The molecule has 116 valence electrons. The van der Waals surface area contributed by atoms with Crippen LogP contribution in [0.4, 0.5) is 0 Å². The topological polar surface area (TPSA) is 41.6 Å². The van der Waals surface area contributed by atoms with Crippen molar-refractivity contribution in [2.45, 2.75) is 18.9 Å². The number of methoxy groups -OCH3 is 1. The van der Waals surface area contributed by atoms with Crippen molar-refractivity contribution in [3.05, 3.63) is 35.9 Å². The number of nitrogens with one attached hydrogen (secondary N) is 1. The summed E-state index contributed by atoms with van der Waals surface area (Å²) in [5, 5.41) is 3.42. The van der Waals surface area contributed by atoms with Crippen LogP contribution in [0.3, 0.4) is 0 Å². The molecule has 3 rings (SSSR count). The molecule has 1 N–H and O–H groups in total. The van der Waals surface area contributed by atoms with E-state index < -0.39 is 6.10 Å². The summed E-state index contributed by atoms with van der Waals surface area (Å²) < 4.78 is 5.45. The molecule has 0 aliphatic carbocycles. The zero-order valence-electron chi connectivity index (χ0n) is 12.4. The van der Waals surface area contributed by atoms with Crippen LogP contribution < -0.4 is 5.32 Å². The second-order valence-electron chi connectivity index (χ2n) is 5.96. The van der Waals surface area contributed by atoms with Gasteiger partial charge in [-0.3, -0.25) is 4.79 Å². The fourth-order valence-corrected chi connectivity index (χ4v) is 3.44. The van der Waals surface area contributed by atoms with Crippen molar-refractivity contribution in [3.63, 3.8) is 0 Å². The van der Waals surface area contributed by atoms with Gasteiger partial charge in [-0.05, 0) is 24.9 Å². The Hall–Kier alpha value is -1.10. The fraction of sp³-hybridized carbons (Fsp3) is 0.562. The third kappa shape index (κ3) is 3.23. The van der Waals surface area contributed by atoms with Crippen molar-refractivity contribution in [2.24, 2.45) is 5.41 Å². The first-order valence-corrected chi connectivity index (χ1v) is 7.31. The van der Waals surface area contributed by atoms with Gasteiger partial charge in [-0.15, -0.1) is 12.4 Å². The second-order valence-corrected chi connectivity index (χ2v) is 5.96. The van der Waals surface area contributed by atoms with Crippen LogP contribution in [0.2, 0.25) is 0 Å². The van der Waals surface area contributed by atoms with Crippen LogP contribution in [-0.2, 0) is 9.53 Å². The minimum Gasteiger partial charge on any atom is -0.367 e. The number of amides is 1. The molecule has 0 radical (unpaired) electrons. The third-order valence-electron chi connectivity index (χ3n) is 4.64. The minimum absolute atomic E-state index is 0. The Morgan fingerprint density at radius 3 is 2.71 bits per heavy atom. The highest BCUT2D eigenvalue weighted by Gasteiger charge is 2.43. The van der Waals surface area contributed by atoms with Crippen LogP contribution in [0, 0.1) is 5.41 Å². The van der Waals surface area contributed by atoms with Crippen LogP contribution in [0.1, 0.15) is 24.5 Å². The van der Waals surface area contributed by atoms with E-state index >= 15 is 0 Å². The van der Waals surface area contributed by atoms with Crippen molar-refractivity contribution < 1.29 is 9.53 Å². The molecule has 2 fully saturated rings. The number of benzene rings is 1. The zero-order valence-corrected chi connectivity index (χ0v) is 13.2. The highest BCUT2D eigenvalue weighted by atomic mass is 35.5. The fourth-order valence-electron chi connectivity index (χ4n) is 3.44. The van der Waals surface area contributed by atoms with Crippen LogP contribution in [0.15, 0.2) is 30.3 Å². The van der Waals surface area contributed by atoms with Gasteiger partial charge in [0.1, 0.15) is 0 Å². The summed E-state index contributed by atoms with van der Waals surface area (Å²) in [6, 6.07) is 9.75. The van der Waals surface area contributed by atoms with Gasteiger partial charge in [-0.1, -0.05) is 30.3 Å². The van der Waals surface area contributed by atoms with E-state index in [1.807, 2.05) is 35.2 Å². The minimum atomic E-state index is -0.472. The maximum atomic E-state index is 12.7. The number of ether oxygens (including phenoxy) is 1. The van der Waals surface area contributed by atoms with E-state index in [9.17, 15) is 4.79 Å². The van der Waals surface area contributed by atoms with Gasteiger partial charge in [-0.25, -0.2) is 0 Å². The smallest absolute Gasteiger partial charge is 0.256 e. The Labute approximate surface area is 132 Å². The maximum absolute atomic E-state index is 12.7. The number of likely N-dealkylation sites (tertiary alicyclic amines) is 1. The van der Waals surface area contributed by atoms with Crippen molar-refractivity contribution in [1.82, 2.24) is 10.2 Å². The summed E-state index contributed by atoms with van der Waals surface area (Å²) in [7, 11) is 1.61. The van der Waals surface area contributed by atoms with Gasteiger partial charge in [0, 0.05) is 32.2 Å². The molecule has 0 aromatic heterocycles. The van der Waals surface area contributed by atoms with Gasteiger partial charge in [0.15, 0.2) is 6.10 Å². The number of halogens is 1. The molecule has 1 amide bonds. The first-order chi connectivity index (χ1) is 9.74. The van der Waals surface area contributed by atoms with E-state index in [0.717, 1.165) is 38.2 Å². The first kappa shape index (κ1) is 16.3. The molecule has 4 nitrogen and oxygen atoms in total. The van der Waals surface area contributed by atoms with E-state index in [4.69, 9.17) is 4.74 Å². The molecule has 5 heteroatoms. The number of nitrogens with zero attached hydrogens (tertiary/aromatic N) is 1. The molecule has 1 spiro atoms. The average Bonchev–Trinajstić information content (AvgIpc) is 3.12. The monoisotopic (exact) mass is 310 g/mol. The Kier molecular flexibility index (Phi) is 5.25. The summed E-state index contributed by atoms with van der Waals surface area (Å²) >= 11 is 0. The van der Waals surface area contributed by atoms with Gasteiger partial charge in [-0.2, -0.15) is 0 Å². The molecule has 2 aliphatic heterocycles. The van der Waals surface area contributed by atoms with Crippen LogP contribution in [0.5, 0.6) is 0 Å². The molecule has 1 aromatic rings. The molecular weight excluding hydrogens is 288 g/mol. The average molecular weight is 311 g/mol. The molecule has 0 saturated carbocycles. The summed E-state index contributed by atoms with van der Waals surface area (Å²) in [5.74, 6) is 0.0995. The Morgan fingerprint density at radius 2 is 2.10 bits per heavy atom. The van der Waals surface area contributed by atoms with Crippen LogP contribution in [-0.4, -0.2) is 44.1 Å². The van der Waals surface area contributed by atoms with Gasteiger partial charge >= 0.3 is 0 Å². The maximum Gasteiger partial charge on any atom is 0.256 e.